The van der Waals surface area contributed by atoms with Crippen molar-refractivity contribution in [2.24, 2.45) is 0 Å². The van der Waals surface area contributed by atoms with E-state index in [0.717, 1.165) is 0 Å². The third-order valence-electron chi connectivity index (χ3n) is 2.42. The third-order valence-corrected chi connectivity index (χ3v) is 5.16. The fourth-order valence-electron chi connectivity index (χ4n) is 1.52. The summed E-state index contributed by atoms with van der Waals surface area (Å²) < 4.78 is 27.7. The summed E-state index contributed by atoms with van der Waals surface area (Å²) in [7, 11) is -3.67. The van der Waals surface area contributed by atoms with Crippen LogP contribution in [0.2, 0.25) is 0 Å². The van der Waals surface area contributed by atoms with E-state index in [9.17, 15) is 8.42 Å². The lowest BCUT2D eigenvalue weighted by Gasteiger charge is -2.23. The van der Waals surface area contributed by atoms with E-state index in [2.05, 4.69) is 9.71 Å². The summed E-state index contributed by atoms with van der Waals surface area (Å²) in [6, 6.07) is 4.96. The van der Waals surface area contributed by atoms with Gasteiger partial charge in [0.25, 0.3) is 0 Å². The van der Waals surface area contributed by atoms with Gasteiger partial charge in [-0.3, -0.25) is 0 Å². The minimum absolute atomic E-state index is 0.198. The number of thiazole rings is 1. The Balaban J connectivity index is 2.51. The van der Waals surface area contributed by atoms with Crippen molar-refractivity contribution >= 4 is 31.6 Å². The van der Waals surface area contributed by atoms with Crippen LogP contribution < -0.4 is 4.72 Å². The van der Waals surface area contributed by atoms with Crippen LogP contribution in [0.1, 0.15) is 13.8 Å². The highest BCUT2D eigenvalue weighted by molar-refractivity contribution is 7.90. The molecule has 98 valence electrons. The van der Waals surface area contributed by atoms with Gasteiger partial charge in [0.2, 0.25) is 10.0 Å². The Kier molecular flexibility index (Phi) is 3.41. The van der Waals surface area contributed by atoms with Gasteiger partial charge in [0.05, 0.1) is 27.9 Å². The standard InChI is InChI=1S/C11H14N2O3S2/c1-11(2,6-14)13-18(15,16)9-5-3-4-8-10(9)17-7-12-8/h3-5,7,13-14H,6H2,1-2H3. The van der Waals surface area contributed by atoms with E-state index in [0.29, 0.717) is 10.2 Å². The van der Waals surface area contributed by atoms with Crippen molar-refractivity contribution in [1.29, 1.82) is 0 Å². The predicted molar refractivity (Wildman–Crippen MR) is 71.1 cm³/mol. The Hall–Kier alpha value is -1.02. The Bertz CT molecular complexity index is 662. The summed E-state index contributed by atoms with van der Waals surface area (Å²) in [6.45, 7) is 2.97. The summed E-state index contributed by atoms with van der Waals surface area (Å²) in [5, 5.41) is 9.14. The van der Waals surface area contributed by atoms with Crippen LogP contribution in [-0.2, 0) is 10.0 Å². The maximum atomic E-state index is 12.3. The molecule has 18 heavy (non-hydrogen) atoms. The van der Waals surface area contributed by atoms with Crippen molar-refractivity contribution < 1.29 is 13.5 Å². The van der Waals surface area contributed by atoms with Crippen LogP contribution in [0.15, 0.2) is 28.6 Å². The highest BCUT2D eigenvalue weighted by atomic mass is 32.2. The lowest BCUT2D eigenvalue weighted by Crippen LogP contribution is -2.46. The average molecular weight is 286 g/mol. The number of nitrogens with one attached hydrogen (secondary N) is 1. The zero-order valence-corrected chi connectivity index (χ0v) is 11.7. The molecule has 5 nitrogen and oxygen atoms in total. The number of aliphatic hydroxyl groups excluding tert-OH is 1. The van der Waals surface area contributed by atoms with Gasteiger partial charge in [0.1, 0.15) is 4.90 Å². The molecule has 7 heteroatoms. The Labute approximate surface area is 110 Å². The molecule has 0 aliphatic carbocycles. The van der Waals surface area contributed by atoms with E-state index in [1.807, 2.05) is 0 Å². The summed E-state index contributed by atoms with van der Waals surface area (Å²) in [5.74, 6) is 0. The first kappa shape index (κ1) is 13.4. The molecule has 0 aliphatic rings. The number of fused-ring (bicyclic) bond motifs is 1. The van der Waals surface area contributed by atoms with Crippen LogP contribution in [0.3, 0.4) is 0 Å². The number of aliphatic hydroxyl groups is 1. The second kappa shape index (κ2) is 4.58. The first-order chi connectivity index (χ1) is 8.36. The maximum Gasteiger partial charge on any atom is 0.242 e. The fraction of sp³-hybridized carbons (Fsp3) is 0.364. The van der Waals surface area contributed by atoms with Gasteiger partial charge in [-0.1, -0.05) is 6.07 Å². The molecule has 0 fully saturated rings. The number of rotatable bonds is 4. The lowest BCUT2D eigenvalue weighted by molar-refractivity contribution is 0.208. The van der Waals surface area contributed by atoms with Gasteiger partial charge in [-0.15, -0.1) is 11.3 Å². The zero-order chi connectivity index (χ0) is 13.4. The minimum Gasteiger partial charge on any atom is -0.394 e. The SMILES string of the molecule is CC(C)(CO)NS(=O)(=O)c1cccc2ncsc12. The second-order valence-electron chi connectivity index (χ2n) is 4.60. The molecular weight excluding hydrogens is 272 g/mol. The van der Waals surface area contributed by atoms with E-state index in [1.54, 1.807) is 31.5 Å². The maximum absolute atomic E-state index is 12.3. The van der Waals surface area contributed by atoms with Crippen LogP contribution in [0.4, 0.5) is 0 Å². The van der Waals surface area contributed by atoms with Crippen LogP contribution in [0.25, 0.3) is 10.2 Å². The normalized spacial score (nSPS) is 13.1. The molecular formula is C11H14N2O3S2. The number of nitrogens with zero attached hydrogens (tertiary/aromatic N) is 1. The Morgan fingerprint density at radius 3 is 2.83 bits per heavy atom. The molecule has 0 atom stereocenters. The van der Waals surface area contributed by atoms with Gasteiger partial charge in [-0.2, -0.15) is 0 Å². The van der Waals surface area contributed by atoms with Crippen LogP contribution in [0, 0.1) is 0 Å². The smallest absolute Gasteiger partial charge is 0.242 e. The first-order valence-electron chi connectivity index (χ1n) is 5.33. The number of hydrogen-bond acceptors (Lipinski definition) is 5. The summed E-state index contributed by atoms with van der Waals surface area (Å²) in [6.07, 6.45) is 0. The van der Waals surface area contributed by atoms with Crippen LogP contribution in [0.5, 0.6) is 0 Å². The number of sulfonamides is 1. The molecule has 0 aliphatic heterocycles. The van der Waals surface area contributed by atoms with Crippen molar-refractivity contribution in [3.8, 4) is 0 Å². The van der Waals surface area contributed by atoms with Crippen molar-refractivity contribution in [1.82, 2.24) is 9.71 Å². The molecule has 0 bridgehead atoms. The van der Waals surface area contributed by atoms with Crippen molar-refractivity contribution in [3.05, 3.63) is 23.7 Å². The van der Waals surface area contributed by atoms with Gasteiger partial charge in [0.15, 0.2) is 0 Å². The molecule has 0 amide bonds. The number of aromatic nitrogens is 1. The van der Waals surface area contributed by atoms with Crippen LogP contribution >= 0.6 is 11.3 Å². The number of hydrogen-bond donors (Lipinski definition) is 2. The molecule has 0 radical (unpaired) electrons. The third kappa shape index (κ3) is 2.54. The first-order valence-corrected chi connectivity index (χ1v) is 7.69. The largest absolute Gasteiger partial charge is 0.394 e. The summed E-state index contributed by atoms with van der Waals surface area (Å²) >= 11 is 1.28. The van der Waals surface area contributed by atoms with Gasteiger partial charge in [0, 0.05) is 0 Å². The molecule has 2 N–H and O–H groups in total. The summed E-state index contributed by atoms with van der Waals surface area (Å²) in [5.41, 5.74) is 1.37. The molecule has 1 aromatic heterocycles. The van der Waals surface area contributed by atoms with Gasteiger partial charge < -0.3 is 5.11 Å². The van der Waals surface area contributed by atoms with Crippen molar-refractivity contribution in [3.63, 3.8) is 0 Å². The van der Waals surface area contributed by atoms with E-state index in [4.69, 9.17) is 5.11 Å². The van der Waals surface area contributed by atoms with E-state index >= 15 is 0 Å². The molecule has 0 saturated carbocycles. The van der Waals surface area contributed by atoms with Gasteiger partial charge in [-0.25, -0.2) is 18.1 Å². The fourth-order valence-corrected chi connectivity index (χ4v) is 4.20. The molecule has 0 spiro atoms. The van der Waals surface area contributed by atoms with Gasteiger partial charge in [-0.05, 0) is 26.0 Å². The molecule has 0 saturated heterocycles. The van der Waals surface area contributed by atoms with Crippen molar-refractivity contribution in [2.75, 3.05) is 6.61 Å². The average Bonchev–Trinajstić information content (AvgIpc) is 2.75. The Morgan fingerprint density at radius 1 is 1.44 bits per heavy atom. The highest BCUT2D eigenvalue weighted by Gasteiger charge is 2.27. The number of benzene rings is 1. The molecule has 0 unspecified atom stereocenters. The topological polar surface area (TPSA) is 79.3 Å². The Morgan fingerprint density at radius 2 is 2.17 bits per heavy atom. The highest BCUT2D eigenvalue weighted by Crippen LogP contribution is 2.26. The van der Waals surface area contributed by atoms with Gasteiger partial charge >= 0.3 is 0 Å². The monoisotopic (exact) mass is 286 g/mol. The molecule has 1 aromatic carbocycles. The molecule has 2 aromatic rings. The minimum atomic E-state index is -3.67. The van der Waals surface area contributed by atoms with E-state index in [-0.39, 0.29) is 11.5 Å². The molecule has 2 rings (SSSR count). The summed E-state index contributed by atoms with van der Waals surface area (Å²) in [4.78, 5) is 4.28. The van der Waals surface area contributed by atoms with E-state index in [1.165, 1.54) is 17.4 Å². The van der Waals surface area contributed by atoms with Crippen molar-refractivity contribution in [2.45, 2.75) is 24.3 Å². The second-order valence-corrected chi connectivity index (χ2v) is 7.11. The quantitative estimate of drug-likeness (QED) is 0.889. The predicted octanol–water partition coefficient (Wildman–Crippen LogP) is 1.35. The molecule has 1 heterocycles. The zero-order valence-electron chi connectivity index (χ0n) is 10.0. The van der Waals surface area contributed by atoms with Crippen LogP contribution in [-0.4, -0.2) is 30.7 Å². The van der Waals surface area contributed by atoms with E-state index < -0.39 is 15.6 Å². The lowest BCUT2D eigenvalue weighted by atomic mass is 10.1.